The van der Waals surface area contributed by atoms with E-state index in [9.17, 15) is 4.79 Å². The highest BCUT2D eigenvalue weighted by Crippen LogP contribution is 2.29. The number of nitrogens with two attached hydrogens (primary N) is 1. The Morgan fingerprint density at radius 1 is 1.35 bits per heavy atom. The summed E-state index contributed by atoms with van der Waals surface area (Å²) in [5.41, 5.74) is 6.71. The number of nitrogen functional groups attached to an aromatic ring is 1. The molecule has 1 aromatic rings. The molecule has 0 aromatic heterocycles. The largest absolute Gasteiger partial charge is 0.399 e. The average Bonchev–Trinajstić information content (AvgIpc) is 2.32. The number of carbonyl (C=O) groups is 1. The van der Waals surface area contributed by atoms with E-state index in [1.165, 1.54) is 12.8 Å². The molecule has 1 fully saturated rings. The third-order valence-corrected chi connectivity index (χ3v) is 4.30. The smallest absolute Gasteiger partial charge is 0.253 e. The van der Waals surface area contributed by atoms with Gasteiger partial charge in [-0.3, -0.25) is 4.79 Å². The molecule has 1 aromatic carbocycles. The van der Waals surface area contributed by atoms with Gasteiger partial charge in [0.15, 0.2) is 0 Å². The summed E-state index contributed by atoms with van der Waals surface area (Å²) >= 11 is 6.06. The summed E-state index contributed by atoms with van der Waals surface area (Å²) in [6, 6.07) is 5.25. The predicted molar refractivity (Wildman–Crippen MR) is 86.5 cm³/mol. The summed E-state index contributed by atoms with van der Waals surface area (Å²) in [5.74, 6) is 1.17. The molecule has 0 aliphatic heterocycles. The molecule has 0 saturated heterocycles. The molecule has 2 rings (SSSR count). The van der Waals surface area contributed by atoms with Crippen molar-refractivity contribution in [3.63, 3.8) is 0 Å². The zero-order valence-corrected chi connectivity index (χ0v) is 13.4. The van der Waals surface area contributed by atoms with Gasteiger partial charge in [-0.25, -0.2) is 0 Å². The van der Waals surface area contributed by atoms with Crippen LogP contribution >= 0.6 is 24.0 Å². The third kappa shape index (κ3) is 4.03. The van der Waals surface area contributed by atoms with Crippen molar-refractivity contribution in [2.75, 3.05) is 5.73 Å². The lowest BCUT2D eigenvalue weighted by atomic mass is 9.80. The van der Waals surface area contributed by atoms with Crippen LogP contribution in [0.25, 0.3) is 0 Å². The summed E-state index contributed by atoms with van der Waals surface area (Å²) in [4.78, 5) is 12.2. The van der Waals surface area contributed by atoms with E-state index < -0.39 is 0 Å². The molecule has 112 valence electrons. The standard InChI is InChI=1S/C15H21ClN2O.ClH/c1-9-3-6-14(10(2)7-9)18-15(19)12-5-4-11(17)8-13(12)16;/h4-5,8-10,14H,3,6-7,17H2,1-2H3,(H,18,19);1H. The van der Waals surface area contributed by atoms with Crippen molar-refractivity contribution < 1.29 is 4.79 Å². The molecule has 0 heterocycles. The minimum Gasteiger partial charge on any atom is -0.399 e. The maximum absolute atomic E-state index is 12.2. The first-order chi connectivity index (χ1) is 8.97. The highest BCUT2D eigenvalue weighted by molar-refractivity contribution is 6.34. The van der Waals surface area contributed by atoms with E-state index in [0.717, 1.165) is 12.3 Å². The molecule has 3 unspecified atom stereocenters. The normalized spacial score (nSPS) is 25.6. The van der Waals surface area contributed by atoms with E-state index >= 15 is 0 Å². The van der Waals surface area contributed by atoms with Crippen LogP contribution < -0.4 is 11.1 Å². The molecule has 5 heteroatoms. The fraction of sp³-hybridized carbons (Fsp3) is 0.533. The molecule has 1 aliphatic rings. The van der Waals surface area contributed by atoms with E-state index in [1.807, 2.05) is 0 Å². The summed E-state index contributed by atoms with van der Waals surface area (Å²) < 4.78 is 0. The van der Waals surface area contributed by atoms with Crippen LogP contribution in [0.4, 0.5) is 5.69 Å². The van der Waals surface area contributed by atoms with Crippen molar-refractivity contribution in [3.8, 4) is 0 Å². The molecule has 20 heavy (non-hydrogen) atoms. The van der Waals surface area contributed by atoms with Crippen molar-refractivity contribution in [3.05, 3.63) is 28.8 Å². The van der Waals surface area contributed by atoms with Crippen molar-refractivity contribution in [1.29, 1.82) is 0 Å². The minimum atomic E-state index is -0.101. The number of anilines is 1. The Balaban J connectivity index is 0.00000200. The van der Waals surface area contributed by atoms with Gasteiger partial charge < -0.3 is 11.1 Å². The van der Waals surface area contributed by atoms with Crippen LogP contribution in [0.5, 0.6) is 0 Å². The molecule has 3 nitrogen and oxygen atoms in total. The number of carbonyl (C=O) groups excluding carboxylic acids is 1. The Morgan fingerprint density at radius 3 is 2.65 bits per heavy atom. The van der Waals surface area contributed by atoms with Crippen molar-refractivity contribution >= 4 is 35.6 Å². The zero-order chi connectivity index (χ0) is 14.0. The van der Waals surface area contributed by atoms with E-state index in [-0.39, 0.29) is 24.4 Å². The Morgan fingerprint density at radius 2 is 2.05 bits per heavy atom. The van der Waals surface area contributed by atoms with Gasteiger partial charge in [0, 0.05) is 11.7 Å². The van der Waals surface area contributed by atoms with Crippen molar-refractivity contribution in [2.45, 2.75) is 39.2 Å². The van der Waals surface area contributed by atoms with Gasteiger partial charge in [-0.05, 0) is 49.3 Å². The monoisotopic (exact) mass is 316 g/mol. The highest BCUT2D eigenvalue weighted by Gasteiger charge is 2.27. The molecule has 0 bridgehead atoms. The molecule has 0 spiro atoms. The molecule has 3 atom stereocenters. The Bertz CT molecular complexity index is 479. The highest BCUT2D eigenvalue weighted by atomic mass is 35.5. The fourth-order valence-electron chi connectivity index (χ4n) is 2.84. The topological polar surface area (TPSA) is 55.1 Å². The van der Waals surface area contributed by atoms with Gasteiger partial charge in [-0.15, -0.1) is 12.4 Å². The van der Waals surface area contributed by atoms with Gasteiger partial charge in [0.25, 0.3) is 5.91 Å². The van der Waals surface area contributed by atoms with Crippen LogP contribution in [0, 0.1) is 11.8 Å². The molecule has 1 amide bonds. The third-order valence-electron chi connectivity index (χ3n) is 3.99. The second kappa shape index (κ2) is 7.19. The Labute approximate surface area is 131 Å². The average molecular weight is 317 g/mol. The van der Waals surface area contributed by atoms with Gasteiger partial charge >= 0.3 is 0 Å². The van der Waals surface area contributed by atoms with Gasteiger partial charge in [-0.1, -0.05) is 25.4 Å². The lowest BCUT2D eigenvalue weighted by Gasteiger charge is -2.33. The van der Waals surface area contributed by atoms with Gasteiger partial charge in [0.05, 0.1) is 10.6 Å². The molecule has 1 aliphatic carbocycles. The summed E-state index contributed by atoms with van der Waals surface area (Å²) in [7, 11) is 0. The van der Waals surface area contributed by atoms with Crippen LogP contribution in [0.1, 0.15) is 43.5 Å². The van der Waals surface area contributed by atoms with Crippen LogP contribution in [0.2, 0.25) is 5.02 Å². The first-order valence-electron chi connectivity index (χ1n) is 6.83. The number of rotatable bonds is 2. The van der Waals surface area contributed by atoms with Gasteiger partial charge in [-0.2, -0.15) is 0 Å². The van der Waals surface area contributed by atoms with Crippen molar-refractivity contribution in [2.24, 2.45) is 11.8 Å². The zero-order valence-electron chi connectivity index (χ0n) is 11.9. The minimum absolute atomic E-state index is 0. The van der Waals surface area contributed by atoms with Crippen LogP contribution in [-0.4, -0.2) is 11.9 Å². The SMILES string of the molecule is CC1CCC(NC(=O)c2ccc(N)cc2Cl)C(C)C1.Cl. The van der Waals surface area contributed by atoms with Crippen LogP contribution in [0.15, 0.2) is 18.2 Å². The van der Waals surface area contributed by atoms with Crippen molar-refractivity contribution in [1.82, 2.24) is 5.32 Å². The van der Waals surface area contributed by atoms with Gasteiger partial charge in [0.1, 0.15) is 0 Å². The second-order valence-corrected chi connectivity index (χ2v) is 6.12. The summed E-state index contributed by atoms with van der Waals surface area (Å²) in [5, 5.41) is 3.51. The number of amides is 1. The first-order valence-corrected chi connectivity index (χ1v) is 7.21. The van der Waals surface area contributed by atoms with E-state index in [0.29, 0.717) is 22.2 Å². The van der Waals surface area contributed by atoms with E-state index in [2.05, 4.69) is 19.2 Å². The number of halogens is 2. The maximum atomic E-state index is 12.2. The second-order valence-electron chi connectivity index (χ2n) is 5.71. The summed E-state index contributed by atoms with van der Waals surface area (Å²) in [6.45, 7) is 4.47. The molecule has 1 saturated carbocycles. The summed E-state index contributed by atoms with van der Waals surface area (Å²) in [6.07, 6.45) is 3.38. The van der Waals surface area contributed by atoms with Crippen LogP contribution in [0.3, 0.4) is 0 Å². The number of nitrogens with one attached hydrogen (secondary N) is 1. The number of benzene rings is 1. The quantitative estimate of drug-likeness (QED) is 0.813. The van der Waals surface area contributed by atoms with Crippen LogP contribution in [-0.2, 0) is 0 Å². The van der Waals surface area contributed by atoms with E-state index in [4.69, 9.17) is 17.3 Å². The lowest BCUT2D eigenvalue weighted by Crippen LogP contribution is -2.42. The Hall–Kier alpha value is -0.930. The molecular weight excluding hydrogens is 295 g/mol. The lowest BCUT2D eigenvalue weighted by molar-refractivity contribution is 0.0900. The maximum Gasteiger partial charge on any atom is 0.253 e. The first kappa shape index (κ1) is 17.1. The van der Waals surface area contributed by atoms with E-state index in [1.54, 1.807) is 18.2 Å². The number of hydrogen-bond acceptors (Lipinski definition) is 2. The molecule has 3 N–H and O–H groups in total. The fourth-order valence-corrected chi connectivity index (χ4v) is 3.12. The predicted octanol–water partition coefficient (Wildman–Crippen LogP) is 3.90. The van der Waals surface area contributed by atoms with Gasteiger partial charge in [0.2, 0.25) is 0 Å². The number of hydrogen-bond donors (Lipinski definition) is 2. The molecule has 0 radical (unpaired) electrons. The Kier molecular flexibility index (Phi) is 6.15. The molecular formula is C15H22Cl2N2O.